The predicted octanol–water partition coefficient (Wildman–Crippen LogP) is 3.57. The standard InChI is InChI=1S/C16H33NOS/c1-11(2)12(3)19(18)15-9-14(16(4,5)6)8-7-13(15)10-17/h11-15H,7-10,17H2,1-6H3. The van der Waals surface area contributed by atoms with E-state index in [1.54, 1.807) is 0 Å². The Labute approximate surface area is 122 Å². The van der Waals surface area contributed by atoms with Crippen molar-refractivity contribution in [2.45, 2.75) is 71.3 Å². The van der Waals surface area contributed by atoms with Gasteiger partial charge in [-0.1, -0.05) is 41.5 Å². The van der Waals surface area contributed by atoms with Crippen LogP contribution in [0.25, 0.3) is 0 Å². The fourth-order valence-corrected chi connectivity index (χ4v) is 5.21. The molecule has 114 valence electrons. The maximum Gasteiger partial charge on any atom is 0.0393 e. The summed E-state index contributed by atoms with van der Waals surface area (Å²) in [6.07, 6.45) is 3.49. The van der Waals surface area contributed by atoms with Crippen molar-refractivity contribution < 1.29 is 4.21 Å². The van der Waals surface area contributed by atoms with Crippen LogP contribution in [-0.2, 0) is 10.8 Å². The van der Waals surface area contributed by atoms with E-state index >= 15 is 0 Å². The molecule has 2 N–H and O–H groups in total. The molecule has 0 aromatic heterocycles. The number of nitrogens with two attached hydrogens (primary N) is 1. The highest BCUT2D eigenvalue weighted by atomic mass is 32.2. The van der Waals surface area contributed by atoms with Crippen molar-refractivity contribution >= 4 is 10.8 Å². The van der Waals surface area contributed by atoms with Gasteiger partial charge in [-0.15, -0.1) is 0 Å². The number of hydrogen-bond acceptors (Lipinski definition) is 2. The zero-order valence-corrected chi connectivity index (χ0v) is 14.4. The monoisotopic (exact) mass is 287 g/mol. The predicted molar refractivity (Wildman–Crippen MR) is 85.6 cm³/mol. The van der Waals surface area contributed by atoms with Crippen LogP contribution in [-0.4, -0.2) is 21.3 Å². The van der Waals surface area contributed by atoms with E-state index in [0.717, 1.165) is 12.8 Å². The summed E-state index contributed by atoms with van der Waals surface area (Å²) < 4.78 is 12.8. The van der Waals surface area contributed by atoms with Gasteiger partial charge in [-0.2, -0.15) is 0 Å². The Morgan fingerprint density at radius 1 is 1.21 bits per heavy atom. The zero-order valence-electron chi connectivity index (χ0n) is 13.6. The molecule has 1 fully saturated rings. The summed E-state index contributed by atoms with van der Waals surface area (Å²) in [5.74, 6) is 1.62. The smallest absolute Gasteiger partial charge is 0.0393 e. The van der Waals surface area contributed by atoms with E-state index in [-0.39, 0.29) is 5.25 Å². The van der Waals surface area contributed by atoms with Crippen molar-refractivity contribution in [3.8, 4) is 0 Å². The molecule has 1 saturated carbocycles. The SMILES string of the molecule is CC(C)C(C)S(=O)C1CC(C(C)(C)C)CCC1CN. The van der Waals surface area contributed by atoms with Gasteiger partial charge in [0.15, 0.2) is 0 Å². The summed E-state index contributed by atoms with van der Waals surface area (Å²) in [4.78, 5) is 0. The summed E-state index contributed by atoms with van der Waals surface area (Å²) in [5.41, 5.74) is 6.25. The van der Waals surface area contributed by atoms with Gasteiger partial charge in [0, 0.05) is 21.3 Å². The maximum absolute atomic E-state index is 12.8. The quantitative estimate of drug-likeness (QED) is 0.859. The molecule has 5 atom stereocenters. The lowest BCUT2D eigenvalue weighted by Gasteiger charge is -2.42. The fraction of sp³-hybridized carbons (Fsp3) is 1.00. The third-order valence-corrected chi connectivity index (χ3v) is 7.51. The van der Waals surface area contributed by atoms with Crippen LogP contribution in [0.15, 0.2) is 0 Å². The molecule has 5 unspecified atom stereocenters. The molecule has 1 aliphatic carbocycles. The first kappa shape index (κ1) is 17.2. The lowest BCUT2D eigenvalue weighted by molar-refractivity contribution is 0.155. The summed E-state index contributed by atoms with van der Waals surface area (Å²) in [6.45, 7) is 14.1. The van der Waals surface area contributed by atoms with Crippen molar-refractivity contribution in [1.82, 2.24) is 0 Å². The molecule has 0 bridgehead atoms. The highest BCUT2D eigenvalue weighted by Gasteiger charge is 2.39. The van der Waals surface area contributed by atoms with Crippen LogP contribution in [0.5, 0.6) is 0 Å². The highest BCUT2D eigenvalue weighted by Crippen LogP contribution is 2.42. The minimum Gasteiger partial charge on any atom is -0.330 e. The molecule has 1 rings (SSSR count). The molecule has 0 heterocycles. The van der Waals surface area contributed by atoms with Gasteiger partial charge in [-0.25, -0.2) is 0 Å². The Kier molecular flexibility index (Phi) is 6.06. The Balaban J connectivity index is 2.84. The minimum absolute atomic E-state index is 0.276. The van der Waals surface area contributed by atoms with Crippen LogP contribution in [0.2, 0.25) is 0 Å². The van der Waals surface area contributed by atoms with Crippen LogP contribution < -0.4 is 5.73 Å². The topological polar surface area (TPSA) is 43.1 Å². The first-order valence-corrected chi connectivity index (χ1v) is 9.05. The van der Waals surface area contributed by atoms with Gasteiger partial charge in [0.1, 0.15) is 0 Å². The van der Waals surface area contributed by atoms with E-state index in [0.29, 0.717) is 35.0 Å². The van der Waals surface area contributed by atoms with E-state index in [1.807, 2.05) is 0 Å². The summed E-state index contributed by atoms with van der Waals surface area (Å²) in [7, 11) is -0.747. The lowest BCUT2D eigenvalue weighted by atomic mass is 9.69. The average Bonchev–Trinajstić information content (AvgIpc) is 2.34. The fourth-order valence-electron chi connectivity index (χ4n) is 3.08. The van der Waals surface area contributed by atoms with Gasteiger partial charge < -0.3 is 5.73 Å². The van der Waals surface area contributed by atoms with Crippen molar-refractivity contribution in [3.05, 3.63) is 0 Å². The van der Waals surface area contributed by atoms with Crippen LogP contribution in [0.4, 0.5) is 0 Å². The molecule has 1 aliphatic rings. The third-order valence-electron chi connectivity index (χ3n) is 5.06. The van der Waals surface area contributed by atoms with Crippen LogP contribution in [0.1, 0.15) is 60.8 Å². The van der Waals surface area contributed by atoms with Crippen LogP contribution >= 0.6 is 0 Å². The van der Waals surface area contributed by atoms with Crippen molar-refractivity contribution in [3.63, 3.8) is 0 Å². The molecular weight excluding hydrogens is 254 g/mol. The van der Waals surface area contributed by atoms with Gasteiger partial charge in [-0.3, -0.25) is 4.21 Å². The van der Waals surface area contributed by atoms with E-state index in [9.17, 15) is 4.21 Å². The average molecular weight is 288 g/mol. The maximum atomic E-state index is 12.8. The number of rotatable bonds is 4. The largest absolute Gasteiger partial charge is 0.330 e. The molecule has 0 saturated heterocycles. The molecule has 0 aliphatic heterocycles. The second kappa shape index (κ2) is 6.71. The Morgan fingerprint density at radius 3 is 2.21 bits per heavy atom. The second-order valence-corrected chi connectivity index (χ2v) is 9.69. The second-order valence-electron chi connectivity index (χ2n) is 7.69. The Bertz CT molecular complexity index is 308. The van der Waals surface area contributed by atoms with Gasteiger partial charge in [-0.05, 0) is 49.0 Å². The van der Waals surface area contributed by atoms with Gasteiger partial charge in [0.25, 0.3) is 0 Å². The molecule has 3 heteroatoms. The van der Waals surface area contributed by atoms with Crippen LogP contribution in [0.3, 0.4) is 0 Å². The van der Waals surface area contributed by atoms with Crippen molar-refractivity contribution in [2.24, 2.45) is 28.9 Å². The molecule has 0 amide bonds. The van der Waals surface area contributed by atoms with E-state index in [4.69, 9.17) is 5.73 Å². The van der Waals surface area contributed by atoms with Crippen molar-refractivity contribution in [2.75, 3.05) is 6.54 Å². The Morgan fingerprint density at radius 2 is 1.79 bits per heavy atom. The molecule has 19 heavy (non-hydrogen) atoms. The molecule has 0 aromatic rings. The Hall–Kier alpha value is 0.110. The molecule has 0 spiro atoms. The van der Waals surface area contributed by atoms with E-state index < -0.39 is 10.8 Å². The van der Waals surface area contributed by atoms with Gasteiger partial charge >= 0.3 is 0 Å². The lowest BCUT2D eigenvalue weighted by Crippen LogP contribution is -2.43. The highest BCUT2D eigenvalue weighted by molar-refractivity contribution is 7.86. The molecule has 0 radical (unpaired) electrons. The van der Waals surface area contributed by atoms with Crippen LogP contribution in [0, 0.1) is 23.2 Å². The normalized spacial score (nSPS) is 32.3. The minimum atomic E-state index is -0.747. The van der Waals surface area contributed by atoms with Gasteiger partial charge in [0.2, 0.25) is 0 Å². The molecular formula is C16H33NOS. The summed E-state index contributed by atoms with van der Waals surface area (Å²) in [5, 5.41) is 0.582. The van der Waals surface area contributed by atoms with E-state index in [1.165, 1.54) is 6.42 Å². The molecule has 0 aromatic carbocycles. The zero-order chi connectivity index (χ0) is 14.8. The molecule has 2 nitrogen and oxygen atoms in total. The van der Waals surface area contributed by atoms with Crippen molar-refractivity contribution in [1.29, 1.82) is 0 Å². The summed E-state index contributed by atoms with van der Waals surface area (Å²) in [6, 6.07) is 0. The van der Waals surface area contributed by atoms with Gasteiger partial charge in [0.05, 0.1) is 0 Å². The summed E-state index contributed by atoms with van der Waals surface area (Å²) >= 11 is 0. The number of hydrogen-bond donors (Lipinski definition) is 1. The first-order chi connectivity index (χ1) is 8.68. The first-order valence-electron chi connectivity index (χ1n) is 7.77. The third kappa shape index (κ3) is 4.29. The van der Waals surface area contributed by atoms with E-state index in [2.05, 4.69) is 41.5 Å².